The average molecular weight is 360 g/mol. The number of carbonyl (C=O) groups excluding carboxylic acids is 1. The fraction of sp³-hybridized carbons (Fsp3) is 0.278. The summed E-state index contributed by atoms with van der Waals surface area (Å²) in [6.45, 7) is 1.94. The molecule has 6 nitrogen and oxygen atoms in total. The molecule has 1 amide bonds. The van der Waals surface area contributed by atoms with Crippen molar-refractivity contribution in [2.45, 2.75) is 32.2 Å². The Morgan fingerprint density at radius 3 is 2.80 bits per heavy atom. The summed E-state index contributed by atoms with van der Waals surface area (Å²) in [5.74, 6) is 1.69. The average Bonchev–Trinajstić information content (AvgIpc) is 3.25. The number of amides is 1. The summed E-state index contributed by atoms with van der Waals surface area (Å²) >= 11 is 5.86. The summed E-state index contributed by atoms with van der Waals surface area (Å²) in [7, 11) is 0. The van der Waals surface area contributed by atoms with E-state index in [4.69, 9.17) is 20.5 Å². The van der Waals surface area contributed by atoms with E-state index < -0.39 is 0 Å². The summed E-state index contributed by atoms with van der Waals surface area (Å²) in [6, 6.07) is 10.9. The summed E-state index contributed by atoms with van der Waals surface area (Å²) in [5, 5.41) is 7.51. The van der Waals surface area contributed by atoms with Gasteiger partial charge in [-0.3, -0.25) is 4.79 Å². The lowest BCUT2D eigenvalue weighted by Gasteiger charge is -2.11. The Morgan fingerprint density at radius 1 is 1.28 bits per heavy atom. The zero-order valence-corrected chi connectivity index (χ0v) is 14.5. The van der Waals surface area contributed by atoms with Crippen LogP contribution in [0.15, 0.2) is 51.6 Å². The van der Waals surface area contributed by atoms with Crippen molar-refractivity contribution >= 4 is 17.5 Å². The van der Waals surface area contributed by atoms with Crippen LogP contribution in [0, 0.1) is 0 Å². The summed E-state index contributed by atoms with van der Waals surface area (Å²) in [4.78, 5) is 16.3. The van der Waals surface area contributed by atoms with Crippen LogP contribution in [-0.4, -0.2) is 22.1 Å². The molecule has 7 heteroatoms. The van der Waals surface area contributed by atoms with Crippen molar-refractivity contribution in [3.63, 3.8) is 0 Å². The molecule has 0 fully saturated rings. The van der Waals surface area contributed by atoms with Crippen LogP contribution >= 0.6 is 11.6 Å². The first kappa shape index (κ1) is 17.2. The summed E-state index contributed by atoms with van der Waals surface area (Å²) in [5.41, 5.74) is 0.816. The minimum atomic E-state index is -0.0645. The number of aromatic nitrogens is 2. The second-order valence-corrected chi connectivity index (χ2v) is 6.21. The van der Waals surface area contributed by atoms with Crippen molar-refractivity contribution in [1.82, 2.24) is 15.5 Å². The van der Waals surface area contributed by atoms with E-state index in [1.807, 2.05) is 31.2 Å². The zero-order chi connectivity index (χ0) is 17.6. The van der Waals surface area contributed by atoms with E-state index in [1.165, 1.54) is 0 Å². The summed E-state index contributed by atoms with van der Waals surface area (Å²) < 4.78 is 10.5. The van der Waals surface area contributed by atoms with Gasteiger partial charge in [0.05, 0.1) is 6.26 Å². The second-order valence-electron chi connectivity index (χ2n) is 5.77. The van der Waals surface area contributed by atoms with Crippen LogP contribution in [0.4, 0.5) is 0 Å². The maximum Gasteiger partial charge on any atom is 0.227 e. The van der Waals surface area contributed by atoms with E-state index in [1.54, 1.807) is 18.4 Å². The van der Waals surface area contributed by atoms with Crippen LogP contribution in [-0.2, 0) is 17.6 Å². The molecule has 0 radical (unpaired) electrons. The van der Waals surface area contributed by atoms with Crippen molar-refractivity contribution in [1.29, 1.82) is 0 Å². The molecule has 1 aromatic carbocycles. The van der Waals surface area contributed by atoms with Gasteiger partial charge in [0, 0.05) is 35.9 Å². The molecule has 3 rings (SSSR count). The number of benzene rings is 1. The fourth-order valence-electron chi connectivity index (χ4n) is 2.42. The molecule has 1 unspecified atom stereocenters. The minimum Gasteiger partial charge on any atom is -0.469 e. The van der Waals surface area contributed by atoms with Crippen LogP contribution < -0.4 is 5.32 Å². The number of halogens is 1. The lowest BCUT2D eigenvalue weighted by atomic mass is 10.2. The van der Waals surface area contributed by atoms with Gasteiger partial charge in [-0.15, -0.1) is 0 Å². The van der Waals surface area contributed by atoms with Gasteiger partial charge in [0.2, 0.25) is 17.6 Å². The quantitative estimate of drug-likeness (QED) is 0.696. The van der Waals surface area contributed by atoms with E-state index in [0.717, 1.165) is 11.3 Å². The SMILES string of the molecule is CC(Cc1ccco1)NC(=O)CCc1nc(-c2ccc(Cl)cc2)no1. The van der Waals surface area contributed by atoms with Crippen LogP contribution in [0.5, 0.6) is 0 Å². The topological polar surface area (TPSA) is 81.2 Å². The Balaban J connectivity index is 1.48. The standard InChI is InChI=1S/C18H18ClN3O3/c1-12(11-15-3-2-10-24-15)20-16(23)8-9-17-21-18(22-25-17)13-4-6-14(19)7-5-13/h2-7,10,12H,8-9,11H2,1H3,(H,20,23). The number of aryl methyl sites for hydroxylation is 1. The van der Waals surface area contributed by atoms with Crippen LogP contribution in [0.2, 0.25) is 5.02 Å². The van der Waals surface area contributed by atoms with Gasteiger partial charge < -0.3 is 14.3 Å². The van der Waals surface area contributed by atoms with Gasteiger partial charge in [-0.2, -0.15) is 4.98 Å². The molecular formula is C18H18ClN3O3. The molecule has 1 N–H and O–H groups in total. The Morgan fingerprint density at radius 2 is 2.08 bits per heavy atom. The van der Waals surface area contributed by atoms with Gasteiger partial charge in [0.1, 0.15) is 5.76 Å². The van der Waals surface area contributed by atoms with Crippen LogP contribution in [0.25, 0.3) is 11.4 Å². The molecule has 0 aliphatic heterocycles. The van der Waals surface area contributed by atoms with Gasteiger partial charge in [-0.25, -0.2) is 0 Å². The summed E-state index contributed by atoms with van der Waals surface area (Å²) in [6.07, 6.45) is 2.95. The number of carbonyl (C=O) groups is 1. The Hall–Kier alpha value is -2.60. The van der Waals surface area contributed by atoms with Crippen molar-refractivity contribution in [3.8, 4) is 11.4 Å². The highest BCUT2D eigenvalue weighted by Crippen LogP contribution is 2.19. The highest BCUT2D eigenvalue weighted by molar-refractivity contribution is 6.30. The van der Waals surface area contributed by atoms with Crippen LogP contribution in [0.3, 0.4) is 0 Å². The lowest BCUT2D eigenvalue weighted by Crippen LogP contribution is -2.34. The van der Waals surface area contributed by atoms with E-state index in [9.17, 15) is 4.79 Å². The van der Waals surface area contributed by atoms with Crippen molar-refractivity contribution in [2.24, 2.45) is 0 Å². The normalized spacial score (nSPS) is 12.1. The van der Waals surface area contributed by atoms with E-state index in [-0.39, 0.29) is 18.4 Å². The molecule has 25 heavy (non-hydrogen) atoms. The van der Waals surface area contributed by atoms with Crippen LogP contribution in [0.1, 0.15) is 25.0 Å². The molecular weight excluding hydrogens is 342 g/mol. The first-order valence-corrected chi connectivity index (χ1v) is 8.38. The number of rotatable bonds is 7. The smallest absolute Gasteiger partial charge is 0.227 e. The predicted octanol–water partition coefficient (Wildman–Crippen LogP) is 3.66. The number of nitrogens with one attached hydrogen (secondary N) is 1. The molecule has 0 spiro atoms. The minimum absolute atomic E-state index is 0.00837. The number of furan rings is 1. The molecule has 0 saturated carbocycles. The Kier molecular flexibility index (Phi) is 5.50. The van der Waals surface area contributed by atoms with E-state index in [2.05, 4.69) is 15.5 Å². The molecule has 0 saturated heterocycles. The van der Waals surface area contributed by atoms with Crippen molar-refractivity contribution in [3.05, 3.63) is 59.3 Å². The molecule has 3 aromatic rings. The maximum atomic E-state index is 12.0. The highest BCUT2D eigenvalue weighted by Gasteiger charge is 2.13. The fourth-order valence-corrected chi connectivity index (χ4v) is 2.55. The molecule has 130 valence electrons. The Bertz CT molecular complexity index is 812. The van der Waals surface area contributed by atoms with Gasteiger partial charge >= 0.3 is 0 Å². The molecule has 0 aliphatic carbocycles. The van der Waals surface area contributed by atoms with E-state index in [0.29, 0.717) is 29.6 Å². The second kappa shape index (κ2) is 7.98. The Labute approximate surface area is 150 Å². The highest BCUT2D eigenvalue weighted by atomic mass is 35.5. The number of hydrogen-bond donors (Lipinski definition) is 1. The van der Waals surface area contributed by atoms with Crippen molar-refractivity contribution in [2.75, 3.05) is 0 Å². The van der Waals surface area contributed by atoms with Crippen molar-refractivity contribution < 1.29 is 13.7 Å². The monoisotopic (exact) mass is 359 g/mol. The predicted molar refractivity (Wildman–Crippen MR) is 93.1 cm³/mol. The molecule has 0 aliphatic rings. The third-order valence-corrected chi connectivity index (χ3v) is 3.88. The zero-order valence-electron chi connectivity index (χ0n) is 13.7. The molecule has 2 heterocycles. The molecule has 1 atom stereocenters. The largest absolute Gasteiger partial charge is 0.469 e. The molecule has 0 bridgehead atoms. The first-order valence-electron chi connectivity index (χ1n) is 8.00. The third kappa shape index (κ3) is 4.93. The van der Waals surface area contributed by atoms with Gasteiger partial charge in [-0.05, 0) is 43.3 Å². The van der Waals surface area contributed by atoms with Gasteiger partial charge in [0.25, 0.3) is 0 Å². The van der Waals surface area contributed by atoms with E-state index >= 15 is 0 Å². The van der Waals surface area contributed by atoms with Gasteiger partial charge in [0.15, 0.2) is 0 Å². The number of nitrogens with zero attached hydrogens (tertiary/aromatic N) is 2. The maximum absolute atomic E-state index is 12.0. The first-order chi connectivity index (χ1) is 12.1. The van der Waals surface area contributed by atoms with Gasteiger partial charge in [-0.1, -0.05) is 16.8 Å². The third-order valence-electron chi connectivity index (χ3n) is 3.63. The number of hydrogen-bond acceptors (Lipinski definition) is 5. The lowest BCUT2D eigenvalue weighted by molar-refractivity contribution is -0.121. The molecule has 2 aromatic heterocycles.